The van der Waals surface area contributed by atoms with Crippen molar-refractivity contribution < 1.29 is 4.79 Å². The van der Waals surface area contributed by atoms with Gasteiger partial charge in [0, 0.05) is 15.7 Å². The lowest BCUT2D eigenvalue weighted by Gasteiger charge is -2.24. The van der Waals surface area contributed by atoms with Gasteiger partial charge in [-0.05, 0) is 60.5 Å². The third-order valence-corrected chi connectivity index (χ3v) is 6.29. The third-order valence-electron chi connectivity index (χ3n) is 4.54. The number of thioether (sulfide) groups is 1. The van der Waals surface area contributed by atoms with Crippen molar-refractivity contribution in [2.24, 2.45) is 0 Å². The molecule has 1 fully saturated rings. The molecule has 1 heterocycles. The molecule has 0 spiro atoms. The van der Waals surface area contributed by atoms with Crippen molar-refractivity contribution >= 4 is 52.6 Å². The first kappa shape index (κ1) is 19.1. The zero-order chi connectivity index (χ0) is 19.7. The lowest BCUT2D eigenvalue weighted by molar-refractivity contribution is -0.114. The van der Waals surface area contributed by atoms with E-state index in [0.717, 1.165) is 22.4 Å². The van der Waals surface area contributed by atoms with Gasteiger partial charge in [-0.1, -0.05) is 76.9 Å². The quantitative estimate of drug-likeness (QED) is 0.416. The van der Waals surface area contributed by atoms with Gasteiger partial charge in [0.15, 0.2) is 0 Å². The molecule has 1 amide bonds. The van der Waals surface area contributed by atoms with E-state index in [1.807, 2.05) is 90.7 Å². The van der Waals surface area contributed by atoms with Crippen LogP contribution in [-0.2, 0) is 4.79 Å². The Morgan fingerprint density at radius 1 is 0.857 bits per heavy atom. The Hall–Kier alpha value is -2.20. The molecule has 1 unspecified atom stereocenters. The van der Waals surface area contributed by atoms with E-state index in [4.69, 9.17) is 23.2 Å². The standard InChI is InChI=1S/C23H17Cl2NOS/c1-15-2-12-20(13-3-15)26-22(27)21(14-16-4-8-18(24)9-5-16)28-23(26)17-6-10-19(25)11-7-17/h2-14,23H,1H3. The van der Waals surface area contributed by atoms with Crippen LogP contribution in [0.2, 0.25) is 10.0 Å². The van der Waals surface area contributed by atoms with Gasteiger partial charge in [-0.15, -0.1) is 0 Å². The highest BCUT2D eigenvalue weighted by Gasteiger charge is 2.38. The lowest BCUT2D eigenvalue weighted by Crippen LogP contribution is -2.27. The van der Waals surface area contributed by atoms with Gasteiger partial charge < -0.3 is 0 Å². The number of hydrogen-bond acceptors (Lipinski definition) is 2. The summed E-state index contributed by atoms with van der Waals surface area (Å²) < 4.78 is 0. The number of hydrogen-bond donors (Lipinski definition) is 0. The summed E-state index contributed by atoms with van der Waals surface area (Å²) in [6.07, 6.45) is 1.92. The second-order valence-electron chi connectivity index (χ2n) is 6.59. The fourth-order valence-electron chi connectivity index (χ4n) is 3.06. The van der Waals surface area contributed by atoms with Crippen LogP contribution in [0.4, 0.5) is 5.69 Å². The van der Waals surface area contributed by atoms with E-state index in [-0.39, 0.29) is 11.3 Å². The zero-order valence-corrected chi connectivity index (χ0v) is 17.4. The number of carbonyl (C=O) groups is 1. The molecule has 140 valence electrons. The predicted octanol–water partition coefficient (Wildman–Crippen LogP) is 7.12. The first-order valence-corrected chi connectivity index (χ1v) is 10.4. The lowest BCUT2D eigenvalue weighted by atomic mass is 10.1. The fraction of sp³-hybridized carbons (Fsp3) is 0.0870. The van der Waals surface area contributed by atoms with Crippen LogP contribution in [0, 0.1) is 6.92 Å². The molecular weight excluding hydrogens is 409 g/mol. The van der Waals surface area contributed by atoms with Gasteiger partial charge in [0.25, 0.3) is 5.91 Å². The molecule has 1 aliphatic heterocycles. The molecule has 28 heavy (non-hydrogen) atoms. The Labute approximate surface area is 178 Å². The van der Waals surface area contributed by atoms with Crippen LogP contribution in [0.3, 0.4) is 0 Å². The van der Waals surface area contributed by atoms with Crippen LogP contribution >= 0.6 is 35.0 Å². The monoisotopic (exact) mass is 425 g/mol. The molecule has 3 aromatic rings. The molecule has 0 saturated carbocycles. The molecule has 0 radical (unpaired) electrons. The normalized spacial score (nSPS) is 18.1. The number of benzene rings is 3. The summed E-state index contributed by atoms with van der Waals surface area (Å²) in [5.74, 6) is -0.0104. The van der Waals surface area contributed by atoms with E-state index < -0.39 is 0 Å². The first-order valence-electron chi connectivity index (χ1n) is 8.81. The highest BCUT2D eigenvalue weighted by Crippen LogP contribution is 2.48. The summed E-state index contributed by atoms with van der Waals surface area (Å²) in [5, 5.41) is 1.20. The van der Waals surface area contributed by atoms with E-state index in [0.29, 0.717) is 15.0 Å². The second-order valence-corrected chi connectivity index (χ2v) is 8.59. The SMILES string of the molecule is Cc1ccc(N2C(=O)C(=Cc3ccc(Cl)cc3)SC2c2ccc(Cl)cc2)cc1. The van der Waals surface area contributed by atoms with Crippen molar-refractivity contribution in [3.63, 3.8) is 0 Å². The van der Waals surface area contributed by atoms with E-state index in [1.165, 1.54) is 0 Å². The van der Waals surface area contributed by atoms with Gasteiger partial charge in [-0.25, -0.2) is 0 Å². The number of carbonyl (C=O) groups excluding carboxylic acids is 1. The van der Waals surface area contributed by atoms with Crippen LogP contribution in [0.5, 0.6) is 0 Å². The molecule has 5 heteroatoms. The molecule has 2 nitrogen and oxygen atoms in total. The Bertz CT molecular complexity index is 1030. The van der Waals surface area contributed by atoms with Crippen LogP contribution in [-0.4, -0.2) is 5.91 Å². The van der Waals surface area contributed by atoms with Crippen LogP contribution in [0.15, 0.2) is 77.7 Å². The molecular formula is C23H17Cl2NOS. The van der Waals surface area contributed by atoms with Gasteiger partial charge in [-0.3, -0.25) is 9.69 Å². The van der Waals surface area contributed by atoms with Crippen molar-refractivity contribution in [2.75, 3.05) is 4.90 Å². The molecule has 1 aliphatic rings. The predicted molar refractivity (Wildman–Crippen MR) is 120 cm³/mol. The molecule has 0 aliphatic carbocycles. The van der Waals surface area contributed by atoms with Gasteiger partial charge in [0.05, 0.1) is 4.91 Å². The fourth-order valence-corrected chi connectivity index (χ4v) is 4.57. The number of amides is 1. The summed E-state index contributed by atoms with van der Waals surface area (Å²) in [5.41, 5.74) is 4.01. The zero-order valence-electron chi connectivity index (χ0n) is 15.1. The Balaban J connectivity index is 1.75. The number of aryl methyl sites for hydroxylation is 1. The van der Waals surface area contributed by atoms with Crippen molar-refractivity contribution in [2.45, 2.75) is 12.3 Å². The smallest absolute Gasteiger partial charge is 0.266 e. The minimum atomic E-state index is -0.147. The highest BCUT2D eigenvalue weighted by molar-refractivity contribution is 8.05. The van der Waals surface area contributed by atoms with E-state index >= 15 is 0 Å². The molecule has 3 aromatic carbocycles. The van der Waals surface area contributed by atoms with E-state index in [1.54, 1.807) is 11.8 Å². The average Bonchev–Trinajstić information content (AvgIpc) is 3.01. The van der Waals surface area contributed by atoms with Crippen molar-refractivity contribution in [1.82, 2.24) is 0 Å². The van der Waals surface area contributed by atoms with Gasteiger partial charge in [0.2, 0.25) is 0 Å². The summed E-state index contributed by atoms with van der Waals surface area (Å²) in [6, 6.07) is 23.2. The second kappa shape index (κ2) is 8.04. The number of halogens is 2. The maximum atomic E-state index is 13.3. The Morgan fingerprint density at radius 3 is 2.04 bits per heavy atom. The topological polar surface area (TPSA) is 20.3 Å². The van der Waals surface area contributed by atoms with Crippen LogP contribution in [0.1, 0.15) is 22.1 Å². The minimum Gasteiger partial charge on any atom is -0.291 e. The maximum Gasteiger partial charge on any atom is 0.266 e. The number of anilines is 1. The van der Waals surface area contributed by atoms with Gasteiger partial charge in [-0.2, -0.15) is 0 Å². The third kappa shape index (κ3) is 3.97. The number of rotatable bonds is 3. The Morgan fingerprint density at radius 2 is 1.43 bits per heavy atom. The molecule has 1 saturated heterocycles. The molecule has 0 aromatic heterocycles. The highest BCUT2D eigenvalue weighted by atomic mass is 35.5. The van der Waals surface area contributed by atoms with Gasteiger partial charge >= 0.3 is 0 Å². The molecule has 0 N–H and O–H groups in total. The molecule has 0 bridgehead atoms. The van der Waals surface area contributed by atoms with E-state index in [2.05, 4.69) is 0 Å². The summed E-state index contributed by atoms with van der Waals surface area (Å²) in [6.45, 7) is 2.03. The van der Waals surface area contributed by atoms with Crippen LogP contribution < -0.4 is 4.90 Å². The Kier molecular flexibility index (Phi) is 5.49. The first-order chi connectivity index (χ1) is 13.5. The summed E-state index contributed by atoms with van der Waals surface area (Å²) in [7, 11) is 0. The largest absolute Gasteiger partial charge is 0.291 e. The van der Waals surface area contributed by atoms with Crippen molar-refractivity contribution in [3.05, 3.63) is 104 Å². The summed E-state index contributed by atoms with van der Waals surface area (Å²) >= 11 is 13.6. The summed E-state index contributed by atoms with van der Waals surface area (Å²) in [4.78, 5) is 15.8. The minimum absolute atomic E-state index is 0.0104. The average molecular weight is 426 g/mol. The van der Waals surface area contributed by atoms with E-state index in [9.17, 15) is 4.79 Å². The van der Waals surface area contributed by atoms with Crippen molar-refractivity contribution in [1.29, 1.82) is 0 Å². The maximum absolute atomic E-state index is 13.3. The van der Waals surface area contributed by atoms with Crippen LogP contribution in [0.25, 0.3) is 6.08 Å². The number of nitrogens with zero attached hydrogens (tertiary/aromatic N) is 1. The molecule has 4 rings (SSSR count). The van der Waals surface area contributed by atoms with Crippen molar-refractivity contribution in [3.8, 4) is 0 Å². The van der Waals surface area contributed by atoms with Gasteiger partial charge in [0.1, 0.15) is 5.37 Å². The molecule has 1 atom stereocenters.